The molecule has 0 bridgehead atoms. The van der Waals surface area contributed by atoms with Gasteiger partial charge in [0.05, 0.1) is 5.69 Å². The van der Waals surface area contributed by atoms with Gasteiger partial charge >= 0.3 is 0 Å². The number of rotatable bonds is 5. The minimum atomic E-state index is -0.823. The lowest BCUT2D eigenvalue weighted by Gasteiger charge is -2.03. The fourth-order valence-corrected chi connectivity index (χ4v) is 3.96. The zero-order chi connectivity index (χ0) is 14.7. The summed E-state index contributed by atoms with van der Waals surface area (Å²) in [6, 6.07) is 5.76. The largest absolute Gasteiger partial charge is 0.397 e. The third kappa shape index (κ3) is 3.59. The third-order valence-electron chi connectivity index (χ3n) is 2.79. The molecule has 1 aromatic heterocycles. The Bertz CT molecular complexity index is 670. The van der Waals surface area contributed by atoms with Crippen LogP contribution in [0.1, 0.15) is 16.1 Å². The summed E-state index contributed by atoms with van der Waals surface area (Å²) < 4.78 is 12.9. The lowest BCUT2D eigenvalue weighted by atomic mass is 10.2. The molecule has 0 fully saturated rings. The Morgan fingerprint density at radius 2 is 2.25 bits per heavy atom. The molecule has 108 valence electrons. The number of nitrogens with two attached hydrogens (primary N) is 1. The van der Waals surface area contributed by atoms with Crippen LogP contribution in [0, 0.1) is 0 Å². The maximum absolute atomic E-state index is 12.1. The number of halogens is 1. The summed E-state index contributed by atoms with van der Waals surface area (Å²) in [5, 5.41) is 3.72. The normalized spacial score (nSPS) is 12.5. The van der Waals surface area contributed by atoms with Crippen LogP contribution in [0.25, 0.3) is 10.1 Å². The second kappa shape index (κ2) is 6.69. The van der Waals surface area contributed by atoms with Crippen molar-refractivity contribution in [3.8, 4) is 0 Å². The van der Waals surface area contributed by atoms with Crippen LogP contribution in [0.4, 0.5) is 5.69 Å². The average Bonchev–Trinajstić information content (AvgIpc) is 2.71. The van der Waals surface area contributed by atoms with E-state index in [0.29, 0.717) is 29.3 Å². The van der Waals surface area contributed by atoms with Crippen LogP contribution in [-0.2, 0) is 10.8 Å². The number of carbonyl (C=O) groups excluding carboxylic acids is 1. The molecule has 1 atom stereocenters. The number of anilines is 1. The molecule has 0 aliphatic rings. The predicted octanol–water partition coefficient (Wildman–Crippen LogP) is 2.74. The fraction of sp³-hybridized carbons (Fsp3) is 0.308. The highest BCUT2D eigenvalue weighted by Gasteiger charge is 2.16. The molecule has 2 rings (SSSR count). The maximum atomic E-state index is 12.1. The quantitative estimate of drug-likeness (QED) is 0.790. The first-order valence-corrected chi connectivity index (χ1v) is 9.38. The van der Waals surface area contributed by atoms with Crippen LogP contribution >= 0.6 is 27.3 Å². The van der Waals surface area contributed by atoms with Gasteiger partial charge in [-0.2, -0.15) is 0 Å². The van der Waals surface area contributed by atoms with Crippen LogP contribution in [0.2, 0.25) is 0 Å². The summed E-state index contributed by atoms with van der Waals surface area (Å²) in [5.41, 5.74) is 6.55. The van der Waals surface area contributed by atoms with Gasteiger partial charge in [0.1, 0.15) is 4.88 Å². The van der Waals surface area contributed by atoms with E-state index < -0.39 is 10.8 Å². The lowest BCUT2D eigenvalue weighted by molar-refractivity contribution is 0.0958. The second-order valence-corrected chi connectivity index (χ2v) is 7.89. The van der Waals surface area contributed by atoms with E-state index >= 15 is 0 Å². The van der Waals surface area contributed by atoms with E-state index in [-0.39, 0.29) is 5.91 Å². The number of amides is 1. The highest BCUT2D eigenvalue weighted by atomic mass is 79.9. The highest BCUT2D eigenvalue weighted by molar-refractivity contribution is 9.10. The van der Waals surface area contributed by atoms with Crippen molar-refractivity contribution in [2.45, 2.75) is 6.42 Å². The molecule has 1 amide bonds. The van der Waals surface area contributed by atoms with Crippen molar-refractivity contribution < 1.29 is 9.00 Å². The molecule has 7 heteroatoms. The van der Waals surface area contributed by atoms with Gasteiger partial charge in [0.15, 0.2) is 0 Å². The molecule has 0 radical (unpaired) electrons. The fourth-order valence-electron chi connectivity index (χ4n) is 1.82. The van der Waals surface area contributed by atoms with Crippen molar-refractivity contribution in [1.29, 1.82) is 0 Å². The first-order valence-electron chi connectivity index (χ1n) is 6.05. The average molecular weight is 375 g/mol. The monoisotopic (exact) mass is 374 g/mol. The van der Waals surface area contributed by atoms with Crippen LogP contribution in [0.3, 0.4) is 0 Å². The van der Waals surface area contributed by atoms with E-state index in [1.807, 2.05) is 18.2 Å². The Labute approximate surface area is 132 Å². The number of nitrogens with one attached hydrogen (secondary N) is 1. The second-order valence-electron chi connectivity index (χ2n) is 4.37. The molecule has 1 heterocycles. The van der Waals surface area contributed by atoms with Crippen molar-refractivity contribution in [1.82, 2.24) is 5.32 Å². The van der Waals surface area contributed by atoms with E-state index in [0.717, 1.165) is 14.6 Å². The van der Waals surface area contributed by atoms with Crippen LogP contribution in [0.5, 0.6) is 0 Å². The Morgan fingerprint density at radius 1 is 1.50 bits per heavy atom. The number of fused-ring (bicyclic) bond motifs is 1. The lowest BCUT2D eigenvalue weighted by Crippen LogP contribution is -2.25. The first kappa shape index (κ1) is 15.5. The molecule has 0 saturated carbocycles. The Morgan fingerprint density at radius 3 is 2.95 bits per heavy atom. The molecule has 20 heavy (non-hydrogen) atoms. The summed E-state index contributed by atoms with van der Waals surface area (Å²) in [6.07, 6.45) is 2.36. The van der Waals surface area contributed by atoms with Gasteiger partial charge in [-0.05, 0) is 18.6 Å². The van der Waals surface area contributed by atoms with Gasteiger partial charge in [0.25, 0.3) is 5.91 Å². The number of carbonyl (C=O) groups is 1. The van der Waals surface area contributed by atoms with Crippen LogP contribution in [0.15, 0.2) is 22.7 Å². The topological polar surface area (TPSA) is 72.2 Å². The van der Waals surface area contributed by atoms with E-state index in [1.54, 1.807) is 6.26 Å². The smallest absolute Gasteiger partial charge is 0.263 e. The zero-order valence-electron chi connectivity index (χ0n) is 10.9. The van der Waals surface area contributed by atoms with E-state index in [2.05, 4.69) is 21.2 Å². The predicted molar refractivity (Wildman–Crippen MR) is 89.8 cm³/mol. The Kier molecular flexibility index (Phi) is 5.17. The molecule has 2 aromatic rings. The summed E-state index contributed by atoms with van der Waals surface area (Å²) in [6.45, 7) is 0.510. The van der Waals surface area contributed by atoms with Crippen molar-refractivity contribution in [2.75, 3.05) is 24.3 Å². The SMILES string of the molecule is CS(=O)CCCNC(=O)c1sc2cc(Br)ccc2c1N. The molecular formula is C13H15BrN2O2S2. The molecule has 3 N–H and O–H groups in total. The van der Waals surface area contributed by atoms with Gasteiger partial charge < -0.3 is 11.1 Å². The van der Waals surface area contributed by atoms with Crippen LogP contribution in [-0.4, -0.2) is 28.7 Å². The number of benzene rings is 1. The highest BCUT2D eigenvalue weighted by Crippen LogP contribution is 2.35. The van der Waals surface area contributed by atoms with Crippen LogP contribution < -0.4 is 11.1 Å². The van der Waals surface area contributed by atoms with Crippen molar-refractivity contribution >= 4 is 59.7 Å². The van der Waals surface area contributed by atoms with Crippen molar-refractivity contribution in [3.63, 3.8) is 0 Å². The molecule has 0 saturated heterocycles. The summed E-state index contributed by atoms with van der Waals surface area (Å²) in [4.78, 5) is 12.6. The minimum Gasteiger partial charge on any atom is -0.397 e. The van der Waals surface area contributed by atoms with Gasteiger partial charge in [-0.25, -0.2) is 0 Å². The molecule has 4 nitrogen and oxygen atoms in total. The summed E-state index contributed by atoms with van der Waals surface area (Å²) in [5.74, 6) is 0.427. The zero-order valence-corrected chi connectivity index (χ0v) is 14.2. The molecule has 1 aromatic carbocycles. The van der Waals surface area contributed by atoms with E-state index in [9.17, 15) is 9.00 Å². The van der Waals surface area contributed by atoms with Gasteiger partial charge in [-0.1, -0.05) is 22.0 Å². The van der Waals surface area contributed by atoms with Gasteiger partial charge in [-0.3, -0.25) is 9.00 Å². The number of hydrogen-bond donors (Lipinski definition) is 2. The number of nitrogen functional groups attached to an aromatic ring is 1. The Balaban J connectivity index is 2.10. The van der Waals surface area contributed by atoms with Gasteiger partial charge in [0, 0.05) is 43.9 Å². The van der Waals surface area contributed by atoms with Crippen molar-refractivity contribution in [2.24, 2.45) is 0 Å². The molecular weight excluding hydrogens is 360 g/mol. The van der Waals surface area contributed by atoms with E-state index in [4.69, 9.17) is 5.73 Å². The molecule has 0 spiro atoms. The van der Waals surface area contributed by atoms with Gasteiger partial charge in [0.2, 0.25) is 0 Å². The summed E-state index contributed by atoms with van der Waals surface area (Å²) in [7, 11) is -0.823. The van der Waals surface area contributed by atoms with Crippen molar-refractivity contribution in [3.05, 3.63) is 27.5 Å². The third-order valence-corrected chi connectivity index (χ3v) is 5.31. The Hall–Kier alpha value is -0.920. The first-order chi connectivity index (χ1) is 9.49. The molecule has 1 unspecified atom stereocenters. The molecule has 0 aliphatic carbocycles. The number of thiophene rings is 1. The minimum absolute atomic E-state index is 0.165. The summed E-state index contributed by atoms with van der Waals surface area (Å²) >= 11 is 4.79. The van der Waals surface area contributed by atoms with Gasteiger partial charge in [-0.15, -0.1) is 11.3 Å². The standard InChI is InChI=1S/C13H15BrN2O2S2/c1-20(18)6-2-5-16-13(17)12-11(15)9-4-3-8(14)7-10(9)19-12/h3-4,7H,2,5-6,15H2,1H3,(H,16,17). The maximum Gasteiger partial charge on any atom is 0.263 e. The molecule has 0 aliphatic heterocycles. The number of hydrogen-bond acceptors (Lipinski definition) is 4. The van der Waals surface area contributed by atoms with E-state index in [1.165, 1.54) is 11.3 Å².